The molecule has 0 saturated heterocycles. The molecule has 1 N–H and O–H groups in total. The second-order valence-electron chi connectivity index (χ2n) is 4.61. The molecular formula is C14H11ClF3NO3S. The first kappa shape index (κ1) is 17.4. The summed E-state index contributed by atoms with van der Waals surface area (Å²) in [6, 6.07) is 9.00. The van der Waals surface area contributed by atoms with Gasteiger partial charge in [-0.05, 0) is 31.2 Å². The number of aryl methyl sites for hydroxylation is 1. The fourth-order valence-electron chi connectivity index (χ4n) is 1.70. The molecule has 0 aliphatic rings. The monoisotopic (exact) mass is 365 g/mol. The second-order valence-corrected chi connectivity index (χ2v) is 6.70. The van der Waals surface area contributed by atoms with Gasteiger partial charge in [-0.3, -0.25) is 4.72 Å². The molecule has 4 nitrogen and oxygen atoms in total. The van der Waals surface area contributed by atoms with Crippen molar-refractivity contribution in [3.8, 4) is 5.75 Å². The van der Waals surface area contributed by atoms with Gasteiger partial charge in [0, 0.05) is 6.07 Å². The Bertz CT molecular complexity index is 805. The van der Waals surface area contributed by atoms with E-state index in [0.29, 0.717) is 0 Å². The molecule has 0 bridgehead atoms. The maximum absolute atomic E-state index is 12.2. The van der Waals surface area contributed by atoms with E-state index in [1.54, 1.807) is 19.1 Å². The maximum atomic E-state index is 12.2. The van der Waals surface area contributed by atoms with E-state index in [-0.39, 0.29) is 15.6 Å². The molecule has 0 aliphatic heterocycles. The van der Waals surface area contributed by atoms with Gasteiger partial charge in [0.15, 0.2) is 0 Å². The summed E-state index contributed by atoms with van der Waals surface area (Å²) in [7, 11) is -3.90. The van der Waals surface area contributed by atoms with Crippen molar-refractivity contribution < 1.29 is 26.3 Å². The van der Waals surface area contributed by atoms with Crippen LogP contribution in [0.1, 0.15) is 5.56 Å². The van der Waals surface area contributed by atoms with Crippen LogP contribution in [0.3, 0.4) is 0 Å². The highest BCUT2D eigenvalue weighted by Gasteiger charge is 2.31. The van der Waals surface area contributed by atoms with Gasteiger partial charge in [-0.25, -0.2) is 8.42 Å². The molecule has 9 heteroatoms. The Morgan fingerprint density at radius 3 is 2.22 bits per heavy atom. The van der Waals surface area contributed by atoms with Crippen LogP contribution in [0.15, 0.2) is 47.4 Å². The minimum Gasteiger partial charge on any atom is -0.406 e. The third kappa shape index (κ3) is 4.77. The van der Waals surface area contributed by atoms with Crippen molar-refractivity contribution in [3.05, 3.63) is 53.1 Å². The molecule has 0 saturated carbocycles. The molecule has 0 atom stereocenters. The Hall–Kier alpha value is -1.93. The van der Waals surface area contributed by atoms with Gasteiger partial charge in [0.2, 0.25) is 0 Å². The summed E-state index contributed by atoms with van der Waals surface area (Å²) in [6.07, 6.45) is -4.85. The van der Waals surface area contributed by atoms with Crippen LogP contribution >= 0.6 is 11.6 Å². The Morgan fingerprint density at radius 1 is 1.09 bits per heavy atom. The molecule has 2 rings (SSSR count). The summed E-state index contributed by atoms with van der Waals surface area (Å²) in [5.74, 6) is -0.541. The van der Waals surface area contributed by atoms with Crippen molar-refractivity contribution in [2.45, 2.75) is 18.2 Å². The zero-order chi connectivity index (χ0) is 17.3. The van der Waals surface area contributed by atoms with Crippen LogP contribution in [-0.2, 0) is 10.0 Å². The summed E-state index contributed by atoms with van der Waals surface area (Å²) in [5, 5.41) is -0.220. The van der Waals surface area contributed by atoms with Gasteiger partial charge in [-0.1, -0.05) is 29.3 Å². The highest BCUT2D eigenvalue weighted by molar-refractivity contribution is 7.92. The number of halogens is 4. The van der Waals surface area contributed by atoms with Gasteiger partial charge >= 0.3 is 6.36 Å². The van der Waals surface area contributed by atoms with E-state index in [4.69, 9.17) is 11.6 Å². The first-order valence-corrected chi connectivity index (χ1v) is 8.08. The smallest absolute Gasteiger partial charge is 0.406 e. The number of anilines is 1. The molecule has 0 aliphatic carbocycles. The van der Waals surface area contributed by atoms with Crippen LogP contribution in [0, 0.1) is 6.92 Å². The number of nitrogens with one attached hydrogen (secondary N) is 1. The van der Waals surface area contributed by atoms with E-state index >= 15 is 0 Å². The number of ether oxygens (including phenoxy) is 1. The fraction of sp³-hybridized carbons (Fsp3) is 0.143. The number of hydrogen-bond donors (Lipinski definition) is 1. The standard InChI is InChI=1S/C14H11ClF3NO3S/c1-9-2-5-11(6-3-9)23(20,21)19-13-7-4-10(8-12(13)15)22-14(16,17)18/h2-8,19H,1H3. The van der Waals surface area contributed by atoms with Crippen molar-refractivity contribution in [1.82, 2.24) is 0 Å². The SMILES string of the molecule is Cc1ccc(S(=O)(=O)Nc2ccc(OC(F)(F)F)cc2Cl)cc1. The maximum Gasteiger partial charge on any atom is 0.573 e. The first-order chi connectivity index (χ1) is 10.6. The average Bonchev–Trinajstić information content (AvgIpc) is 2.40. The van der Waals surface area contributed by atoms with Gasteiger partial charge in [-0.2, -0.15) is 0 Å². The predicted octanol–water partition coefficient (Wildman–Crippen LogP) is 4.35. The number of hydrogen-bond acceptors (Lipinski definition) is 3. The largest absolute Gasteiger partial charge is 0.573 e. The third-order valence-electron chi connectivity index (χ3n) is 2.75. The van der Waals surface area contributed by atoms with Crippen LogP contribution < -0.4 is 9.46 Å². The summed E-state index contributed by atoms with van der Waals surface area (Å²) >= 11 is 5.80. The second kappa shape index (κ2) is 6.29. The molecule has 0 spiro atoms. The third-order valence-corrected chi connectivity index (χ3v) is 4.44. The van der Waals surface area contributed by atoms with Crippen molar-refractivity contribution >= 4 is 27.3 Å². The molecule has 0 unspecified atom stereocenters. The van der Waals surface area contributed by atoms with E-state index in [0.717, 1.165) is 23.8 Å². The van der Waals surface area contributed by atoms with Crippen molar-refractivity contribution in [2.24, 2.45) is 0 Å². The predicted molar refractivity (Wildman–Crippen MR) is 80.1 cm³/mol. The molecule has 124 valence electrons. The molecule has 0 amide bonds. The normalized spacial score (nSPS) is 12.0. The van der Waals surface area contributed by atoms with E-state index in [9.17, 15) is 21.6 Å². The molecule has 2 aromatic rings. The van der Waals surface area contributed by atoms with Gasteiger partial charge in [-0.15, -0.1) is 13.2 Å². The molecule has 0 aromatic heterocycles. The summed E-state index contributed by atoms with van der Waals surface area (Å²) < 4.78 is 66.7. The lowest BCUT2D eigenvalue weighted by molar-refractivity contribution is -0.274. The Kier molecular flexibility index (Phi) is 4.76. The van der Waals surface area contributed by atoms with E-state index in [2.05, 4.69) is 9.46 Å². The molecule has 23 heavy (non-hydrogen) atoms. The van der Waals surface area contributed by atoms with E-state index in [1.807, 2.05) is 0 Å². The van der Waals surface area contributed by atoms with Gasteiger partial charge in [0.05, 0.1) is 15.6 Å². The van der Waals surface area contributed by atoms with Gasteiger partial charge in [0.25, 0.3) is 10.0 Å². The summed E-state index contributed by atoms with van der Waals surface area (Å²) in [6.45, 7) is 1.81. The summed E-state index contributed by atoms with van der Waals surface area (Å²) in [5.41, 5.74) is 0.831. The molecular weight excluding hydrogens is 355 g/mol. The highest BCUT2D eigenvalue weighted by Crippen LogP contribution is 2.31. The number of alkyl halides is 3. The Labute approximate surface area is 135 Å². The quantitative estimate of drug-likeness (QED) is 0.876. The zero-order valence-corrected chi connectivity index (χ0v) is 13.3. The van der Waals surface area contributed by atoms with Crippen LogP contribution in [0.5, 0.6) is 5.75 Å². The molecule has 0 fully saturated rings. The zero-order valence-electron chi connectivity index (χ0n) is 11.7. The average molecular weight is 366 g/mol. The van der Waals surface area contributed by atoms with Crippen LogP contribution in [-0.4, -0.2) is 14.8 Å². The lowest BCUT2D eigenvalue weighted by Gasteiger charge is -2.12. The number of benzene rings is 2. The van der Waals surface area contributed by atoms with Gasteiger partial charge in [0.1, 0.15) is 5.75 Å². The Balaban J connectivity index is 2.24. The first-order valence-electron chi connectivity index (χ1n) is 6.22. The van der Waals surface area contributed by atoms with Crippen molar-refractivity contribution in [2.75, 3.05) is 4.72 Å². The lowest BCUT2D eigenvalue weighted by Crippen LogP contribution is -2.17. The molecule has 2 aromatic carbocycles. The Morgan fingerprint density at radius 2 is 1.70 bits per heavy atom. The number of rotatable bonds is 4. The minimum absolute atomic E-state index is 0.00906. The fourth-order valence-corrected chi connectivity index (χ4v) is 3.05. The van der Waals surface area contributed by atoms with E-state index in [1.165, 1.54) is 12.1 Å². The molecule has 0 heterocycles. The number of sulfonamides is 1. The minimum atomic E-state index is -4.85. The highest BCUT2D eigenvalue weighted by atomic mass is 35.5. The van der Waals surface area contributed by atoms with Gasteiger partial charge < -0.3 is 4.74 Å². The topological polar surface area (TPSA) is 55.4 Å². The van der Waals surface area contributed by atoms with Crippen molar-refractivity contribution in [1.29, 1.82) is 0 Å². The van der Waals surface area contributed by atoms with E-state index < -0.39 is 22.1 Å². The lowest BCUT2D eigenvalue weighted by atomic mass is 10.2. The van der Waals surface area contributed by atoms with Crippen LogP contribution in [0.4, 0.5) is 18.9 Å². The van der Waals surface area contributed by atoms with Crippen LogP contribution in [0.2, 0.25) is 5.02 Å². The summed E-state index contributed by atoms with van der Waals surface area (Å²) in [4.78, 5) is 0.00906. The van der Waals surface area contributed by atoms with Crippen LogP contribution in [0.25, 0.3) is 0 Å². The van der Waals surface area contributed by atoms with Crippen molar-refractivity contribution in [3.63, 3.8) is 0 Å². The molecule has 0 radical (unpaired) electrons.